The number of hydrogen-bond acceptors (Lipinski definition) is 13. The summed E-state index contributed by atoms with van der Waals surface area (Å²) in [6.07, 6.45) is 1.37. The molecule has 2 saturated heterocycles. The van der Waals surface area contributed by atoms with Gasteiger partial charge in [-0.1, -0.05) is 67.0 Å². The molecule has 412 valence electrons. The number of hydrogen-bond donors (Lipinski definition) is 4. The van der Waals surface area contributed by atoms with E-state index in [0.717, 1.165) is 0 Å². The Balaban J connectivity index is 1.48. The Kier molecular flexibility index (Phi) is 23.0. The zero-order chi connectivity index (χ0) is 54.5. The van der Waals surface area contributed by atoms with E-state index >= 15 is 0 Å². The lowest BCUT2D eigenvalue weighted by Crippen LogP contribution is -2.59. The van der Waals surface area contributed by atoms with Crippen molar-refractivity contribution >= 4 is 51.6 Å². The van der Waals surface area contributed by atoms with Crippen LogP contribution in [-0.4, -0.2) is 179 Å². The molecule has 21 heteroatoms. The second-order valence-corrected chi connectivity index (χ2v) is 23.1. The van der Waals surface area contributed by atoms with Crippen LogP contribution in [0, 0.1) is 29.6 Å². The molecule has 1 unspecified atom stereocenters. The molecule has 7 amide bonds. The summed E-state index contributed by atoms with van der Waals surface area (Å²) >= 11 is 0. The average Bonchev–Trinajstić information content (AvgIpc) is 4.11. The fourth-order valence-corrected chi connectivity index (χ4v) is 11.7. The molecule has 1 aromatic rings. The normalized spacial score (nSPS) is 19.8. The second kappa shape index (κ2) is 27.6. The first-order valence-electron chi connectivity index (χ1n) is 26.2. The largest absolute Gasteiger partial charge is 0.415 e. The topological polar surface area (TPSA) is 242 Å². The maximum atomic E-state index is 14.5. The van der Waals surface area contributed by atoms with Gasteiger partial charge >= 0.3 is 6.09 Å². The number of benzene rings is 1. The summed E-state index contributed by atoms with van der Waals surface area (Å²) in [6.45, 7) is 16.8. The Hall–Kier alpha value is -4.86. The molecular formula is C52H86N8O12S. The Morgan fingerprint density at radius 2 is 1.41 bits per heavy atom. The summed E-state index contributed by atoms with van der Waals surface area (Å²) in [5, 5.41) is 7.92. The maximum Gasteiger partial charge on any atom is 0.415 e. The van der Waals surface area contributed by atoms with Crippen LogP contribution < -0.4 is 25.4 Å². The van der Waals surface area contributed by atoms with Crippen molar-refractivity contribution in [1.29, 1.82) is 0 Å². The lowest BCUT2D eigenvalue weighted by Gasteiger charge is -2.41. The van der Waals surface area contributed by atoms with Gasteiger partial charge in [-0.15, -0.1) is 0 Å². The molecule has 1 saturated carbocycles. The SMILES string of the molecule is CCNC(=O)C1CCN(C(=O)Oc2ccc(C[C@H](NC(=O)[C@H](C)[C@@H](OC)[C@@H]3CCCN3C(=O)C[C@@H](OC)C([C@@H](C)CC)N(C)C(=O)[C@@H](NC(=O)[C@H](C(C)C)N(C)C)C(C)C)C(=O)NS(=O)(=O)C3CC3)cc2)CC1. The molecule has 2 heterocycles. The van der Waals surface area contributed by atoms with Gasteiger partial charge in [0.15, 0.2) is 0 Å². The Morgan fingerprint density at radius 1 is 0.781 bits per heavy atom. The highest BCUT2D eigenvalue weighted by molar-refractivity contribution is 7.90. The highest BCUT2D eigenvalue weighted by Crippen LogP contribution is 2.31. The molecule has 0 radical (unpaired) electrons. The number of ether oxygens (including phenoxy) is 3. The minimum absolute atomic E-state index is 0.00117. The minimum Gasteiger partial charge on any atom is -0.410 e. The van der Waals surface area contributed by atoms with E-state index in [2.05, 4.69) is 20.7 Å². The van der Waals surface area contributed by atoms with Gasteiger partial charge in [0, 0.05) is 59.8 Å². The van der Waals surface area contributed by atoms with Crippen molar-refractivity contribution in [2.24, 2.45) is 29.6 Å². The quantitative estimate of drug-likeness (QED) is 0.104. The number of nitrogens with one attached hydrogen (secondary N) is 4. The standard InChI is InChI=1S/C52H86N8O12S/c1-14-33(7)45(58(11)51(66)43(31(3)4)55-50(65)44(32(5)6)57(9)10)41(70-12)30-42(61)60-26-16-17-40(60)46(71-13)34(8)47(62)54-39(49(64)56-73(68,69)38-22-23-38)29-35-18-20-37(21-19-35)72-52(67)59-27-24-36(25-28-59)48(63)53-15-2/h18-21,31-34,36,38-41,43-46H,14-17,22-30H2,1-13H3,(H,53,63)(H,54,62)(H,55,65)(H,56,64)/t33-,34+,39-,40-,41+,43-,44-,45?,46+/m0/s1. The zero-order valence-electron chi connectivity index (χ0n) is 45.6. The van der Waals surface area contributed by atoms with E-state index in [0.29, 0.717) is 76.7 Å². The van der Waals surface area contributed by atoms with Crippen molar-refractivity contribution in [2.75, 3.05) is 61.5 Å². The van der Waals surface area contributed by atoms with E-state index in [9.17, 15) is 42.0 Å². The molecule has 73 heavy (non-hydrogen) atoms. The fourth-order valence-electron chi connectivity index (χ4n) is 10.3. The number of nitrogens with zero attached hydrogens (tertiary/aromatic N) is 4. The number of sulfonamides is 1. The van der Waals surface area contributed by atoms with Gasteiger partial charge in [-0.3, -0.25) is 38.4 Å². The highest BCUT2D eigenvalue weighted by atomic mass is 32.2. The van der Waals surface area contributed by atoms with Gasteiger partial charge in [0.25, 0.3) is 5.91 Å². The monoisotopic (exact) mass is 1050 g/mol. The van der Waals surface area contributed by atoms with Gasteiger partial charge in [-0.05, 0) is 95.0 Å². The number of likely N-dealkylation sites (tertiary alicyclic amines) is 2. The van der Waals surface area contributed by atoms with Crippen molar-refractivity contribution in [3.63, 3.8) is 0 Å². The van der Waals surface area contributed by atoms with E-state index in [4.69, 9.17) is 14.2 Å². The summed E-state index contributed by atoms with van der Waals surface area (Å²) < 4.78 is 45.8. The van der Waals surface area contributed by atoms with Crippen LogP contribution in [0.4, 0.5) is 4.79 Å². The van der Waals surface area contributed by atoms with Crippen LogP contribution in [0.5, 0.6) is 5.75 Å². The van der Waals surface area contributed by atoms with Crippen LogP contribution in [0.25, 0.3) is 0 Å². The number of likely N-dealkylation sites (N-methyl/N-ethyl adjacent to an activating group) is 2. The van der Waals surface area contributed by atoms with Crippen molar-refractivity contribution in [3.05, 3.63) is 29.8 Å². The van der Waals surface area contributed by atoms with Crippen molar-refractivity contribution in [1.82, 2.24) is 40.3 Å². The summed E-state index contributed by atoms with van der Waals surface area (Å²) in [6, 6.07) is 2.64. The third-order valence-electron chi connectivity index (χ3n) is 14.8. The molecule has 2 aliphatic heterocycles. The predicted octanol–water partition coefficient (Wildman–Crippen LogP) is 3.32. The Morgan fingerprint density at radius 3 is 1.93 bits per heavy atom. The van der Waals surface area contributed by atoms with Crippen LogP contribution in [-0.2, 0) is 54.7 Å². The van der Waals surface area contributed by atoms with Crippen LogP contribution in [0.15, 0.2) is 24.3 Å². The molecule has 4 rings (SSSR count). The van der Waals surface area contributed by atoms with Crippen LogP contribution in [0.1, 0.15) is 112 Å². The van der Waals surface area contributed by atoms with E-state index in [1.807, 2.05) is 67.5 Å². The molecule has 9 atom stereocenters. The molecule has 0 aromatic heterocycles. The van der Waals surface area contributed by atoms with Gasteiger partial charge in [0.1, 0.15) is 17.8 Å². The Bertz CT molecular complexity index is 2140. The minimum atomic E-state index is -3.99. The van der Waals surface area contributed by atoms with Crippen molar-refractivity contribution in [2.45, 2.75) is 161 Å². The molecule has 3 fully saturated rings. The summed E-state index contributed by atoms with van der Waals surface area (Å²) in [5.41, 5.74) is 0.541. The van der Waals surface area contributed by atoms with Gasteiger partial charge in [-0.2, -0.15) is 0 Å². The zero-order valence-corrected chi connectivity index (χ0v) is 46.4. The second-order valence-electron chi connectivity index (χ2n) is 21.1. The number of carbonyl (C=O) groups is 7. The first-order valence-corrected chi connectivity index (χ1v) is 27.7. The van der Waals surface area contributed by atoms with Gasteiger partial charge < -0.3 is 44.9 Å². The number of piperidine rings is 1. The lowest BCUT2D eigenvalue weighted by molar-refractivity contribution is -0.148. The van der Waals surface area contributed by atoms with E-state index < -0.39 is 81.5 Å². The summed E-state index contributed by atoms with van der Waals surface area (Å²) in [7, 11) is 4.33. The number of rotatable bonds is 26. The number of carbonyl (C=O) groups excluding carboxylic acids is 7. The lowest BCUT2D eigenvalue weighted by atomic mass is 9.89. The van der Waals surface area contributed by atoms with Crippen molar-refractivity contribution in [3.8, 4) is 5.75 Å². The van der Waals surface area contributed by atoms with E-state index in [-0.39, 0.29) is 65.9 Å². The molecule has 20 nitrogen and oxygen atoms in total. The first-order chi connectivity index (χ1) is 34.4. The molecule has 0 bridgehead atoms. The third-order valence-corrected chi connectivity index (χ3v) is 16.7. The van der Waals surface area contributed by atoms with Gasteiger partial charge in [-0.25, -0.2) is 13.2 Å². The van der Waals surface area contributed by atoms with Crippen LogP contribution >= 0.6 is 0 Å². The van der Waals surface area contributed by atoms with E-state index in [1.165, 1.54) is 14.2 Å². The molecular weight excluding hydrogens is 961 g/mol. The van der Waals surface area contributed by atoms with E-state index in [1.54, 1.807) is 52.9 Å². The summed E-state index contributed by atoms with van der Waals surface area (Å²) in [5.74, 6) is -3.52. The average molecular weight is 1050 g/mol. The molecule has 0 spiro atoms. The van der Waals surface area contributed by atoms with Crippen LogP contribution in [0.2, 0.25) is 0 Å². The van der Waals surface area contributed by atoms with Gasteiger partial charge in [0.2, 0.25) is 39.6 Å². The maximum absolute atomic E-state index is 14.5. The van der Waals surface area contributed by atoms with Crippen LogP contribution in [0.3, 0.4) is 0 Å². The highest BCUT2D eigenvalue weighted by Gasteiger charge is 2.44. The molecule has 3 aliphatic rings. The molecule has 1 aromatic carbocycles. The first kappa shape index (κ1) is 60.7. The molecule has 4 N–H and O–H groups in total. The molecule has 1 aliphatic carbocycles. The van der Waals surface area contributed by atoms with Crippen molar-refractivity contribution < 1.29 is 56.2 Å². The summed E-state index contributed by atoms with van der Waals surface area (Å²) in [4.78, 5) is 102. The fraction of sp³-hybridized carbons (Fsp3) is 0.750. The smallest absolute Gasteiger partial charge is 0.410 e. The number of methoxy groups -OCH3 is 2. The predicted molar refractivity (Wildman–Crippen MR) is 276 cm³/mol. The van der Waals surface area contributed by atoms with Gasteiger partial charge in [0.05, 0.1) is 47.9 Å². The third kappa shape index (κ3) is 16.3. The Labute approximate surface area is 434 Å². The number of amides is 7.